The number of carbonyl (C=O) groups excluding carboxylic acids is 1. The van der Waals surface area contributed by atoms with E-state index in [0.29, 0.717) is 15.8 Å². The van der Waals surface area contributed by atoms with E-state index in [2.05, 4.69) is 5.32 Å². The molecule has 22 heavy (non-hydrogen) atoms. The second-order valence-corrected chi connectivity index (χ2v) is 5.41. The number of fused-ring (bicyclic) bond motifs is 1. The Morgan fingerprint density at radius 2 is 1.82 bits per heavy atom. The van der Waals surface area contributed by atoms with Gasteiger partial charge >= 0.3 is 6.03 Å². The number of nitro groups is 1. The van der Waals surface area contributed by atoms with Gasteiger partial charge in [0, 0.05) is 17.8 Å². The number of nitrogens with zero attached hydrogens (tertiary/aromatic N) is 2. The van der Waals surface area contributed by atoms with Crippen LogP contribution in [0.4, 0.5) is 16.2 Å². The number of carbonyl (C=O) groups is 1. The van der Waals surface area contributed by atoms with Crippen LogP contribution in [0.3, 0.4) is 0 Å². The summed E-state index contributed by atoms with van der Waals surface area (Å²) in [4.78, 5) is 34.3. The molecular weight excluding hydrogens is 306 g/mol. The molecule has 1 N–H and O–H groups in total. The van der Waals surface area contributed by atoms with Crippen molar-refractivity contribution in [3.63, 3.8) is 0 Å². The molecule has 110 valence electrons. The van der Waals surface area contributed by atoms with Crippen LogP contribution in [0.15, 0.2) is 53.3 Å². The van der Waals surface area contributed by atoms with E-state index < -0.39 is 11.0 Å². The van der Waals surface area contributed by atoms with Crippen molar-refractivity contribution in [3.05, 3.63) is 69.0 Å². The van der Waals surface area contributed by atoms with Crippen LogP contribution < -0.4 is 10.9 Å². The topological polar surface area (TPSA) is 94.2 Å². The van der Waals surface area contributed by atoms with Crippen molar-refractivity contribution in [2.24, 2.45) is 0 Å². The maximum Gasteiger partial charge on any atom is 0.342 e. The van der Waals surface area contributed by atoms with Crippen molar-refractivity contribution < 1.29 is 9.72 Å². The Morgan fingerprint density at radius 3 is 2.45 bits per heavy atom. The molecule has 0 saturated heterocycles. The third-order valence-electron chi connectivity index (χ3n) is 3.01. The maximum atomic E-state index is 12.2. The predicted octanol–water partition coefficient (Wildman–Crippen LogP) is 3.05. The molecule has 0 atom stereocenters. The average Bonchev–Trinajstić information content (AvgIpc) is 2.85. The summed E-state index contributed by atoms with van der Waals surface area (Å²) in [6, 6.07) is 11.7. The normalized spacial score (nSPS) is 10.5. The highest BCUT2D eigenvalue weighted by Gasteiger charge is 2.14. The number of aromatic nitrogens is 1. The summed E-state index contributed by atoms with van der Waals surface area (Å²) in [5.74, 6) is 0. The van der Waals surface area contributed by atoms with E-state index in [9.17, 15) is 19.7 Å². The van der Waals surface area contributed by atoms with E-state index >= 15 is 0 Å². The number of benzene rings is 2. The lowest BCUT2D eigenvalue weighted by atomic mass is 10.3. The number of hydrogen-bond donors (Lipinski definition) is 1. The lowest BCUT2D eigenvalue weighted by molar-refractivity contribution is -0.384. The van der Waals surface area contributed by atoms with Crippen molar-refractivity contribution in [2.45, 2.75) is 0 Å². The molecule has 0 unspecified atom stereocenters. The molecule has 0 radical (unpaired) electrons. The molecule has 8 heteroatoms. The second kappa shape index (κ2) is 5.41. The largest absolute Gasteiger partial charge is 0.342 e. The fraction of sp³-hybridized carbons (Fsp3) is 0. The van der Waals surface area contributed by atoms with Crippen LogP contribution in [-0.2, 0) is 0 Å². The van der Waals surface area contributed by atoms with Gasteiger partial charge in [-0.3, -0.25) is 14.9 Å². The molecule has 0 bridgehead atoms. The molecule has 7 nitrogen and oxygen atoms in total. The van der Waals surface area contributed by atoms with E-state index in [-0.39, 0.29) is 11.2 Å². The molecule has 0 aliphatic rings. The van der Waals surface area contributed by atoms with Gasteiger partial charge in [0.05, 0.1) is 15.0 Å². The predicted molar refractivity (Wildman–Crippen MR) is 83.6 cm³/mol. The van der Waals surface area contributed by atoms with Gasteiger partial charge in [-0.15, -0.1) is 0 Å². The summed E-state index contributed by atoms with van der Waals surface area (Å²) in [6.07, 6.45) is 0. The number of rotatable bonds is 2. The first-order valence-electron chi connectivity index (χ1n) is 6.23. The minimum atomic E-state index is -0.597. The summed E-state index contributed by atoms with van der Waals surface area (Å²) >= 11 is 1.04. The zero-order valence-electron chi connectivity index (χ0n) is 11.1. The zero-order valence-corrected chi connectivity index (χ0v) is 11.9. The summed E-state index contributed by atoms with van der Waals surface area (Å²) in [7, 11) is 0. The van der Waals surface area contributed by atoms with Gasteiger partial charge in [-0.25, -0.2) is 4.79 Å². The van der Waals surface area contributed by atoms with Gasteiger partial charge in [0.25, 0.3) is 11.2 Å². The Bertz CT molecular complexity index is 927. The van der Waals surface area contributed by atoms with Gasteiger partial charge in [0.1, 0.15) is 0 Å². The molecular formula is C14H9N3O4S. The van der Waals surface area contributed by atoms with Crippen molar-refractivity contribution >= 4 is 39.0 Å². The molecule has 3 rings (SSSR count). The second-order valence-electron chi connectivity index (χ2n) is 4.42. The van der Waals surface area contributed by atoms with Crippen molar-refractivity contribution in [3.8, 4) is 0 Å². The van der Waals surface area contributed by atoms with Crippen molar-refractivity contribution in [2.75, 3.05) is 5.32 Å². The lowest BCUT2D eigenvalue weighted by Crippen LogP contribution is -2.26. The Morgan fingerprint density at radius 1 is 1.14 bits per heavy atom. The summed E-state index contributed by atoms with van der Waals surface area (Å²) < 4.78 is 1.73. The molecule has 3 aromatic rings. The smallest absolute Gasteiger partial charge is 0.306 e. The number of nitrogens with one attached hydrogen (secondary N) is 1. The molecule has 1 aromatic heterocycles. The first kappa shape index (κ1) is 14.0. The Hall–Kier alpha value is -3.00. The molecule has 0 aliphatic carbocycles. The molecule has 1 heterocycles. The first-order valence-corrected chi connectivity index (χ1v) is 7.00. The minimum Gasteiger partial charge on any atom is -0.306 e. The van der Waals surface area contributed by atoms with E-state index in [1.165, 1.54) is 24.3 Å². The van der Waals surface area contributed by atoms with Crippen LogP contribution in [0.5, 0.6) is 0 Å². The van der Waals surface area contributed by atoms with Crippen molar-refractivity contribution in [1.29, 1.82) is 0 Å². The van der Waals surface area contributed by atoms with Crippen LogP contribution in [0, 0.1) is 10.1 Å². The third-order valence-corrected chi connectivity index (χ3v) is 4.07. The molecule has 0 aliphatic heterocycles. The first-order chi connectivity index (χ1) is 10.6. The zero-order chi connectivity index (χ0) is 15.7. The van der Waals surface area contributed by atoms with Crippen LogP contribution in [0.1, 0.15) is 0 Å². The number of non-ortho nitro benzene ring substituents is 1. The molecule has 0 spiro atoms. The summed E-state index contributed by atoms with van der Waals surface area (Å²) in [5.41, 5.74) is -0.0861. The lowest BCUT2D eigenvalue weighted by Gasteiger charge is -2.03. The van der Waals surface area contributed by atoms with E-state index in [0.717, 1.165) is 15.5 Å². The van der Waals surface area contributed by atoms with Gasteiger partial charge in [-0.1, -0.05) is 12.1 Å². The number of amides is 1. The molecule has 1 amide bonds. The maximum absolute atomic E-state index is 12.2. The van der Waals surface area contributed by atoms with Gasteiger partial charge in [0.2, 0.25) is 0 Å². The number of anilines is 1. The Labute approximate surface area is 127 Å². The van der Waals surface area contributed by atoms with Crippen LogP contribution in [-0.4, -0.2) is 14.9 Å². The molecule has 2 aromatic carbocycles. The molecule has 0 saturated carbocycles. The SMILES string of the molecule is O=C(Nc1ccc([N+](=O)[O-])cc1)n1sc2ccccc2c1=O. The number of hydrogen-bond acceptors (Lipinski definition) is 5. The van der Waals surface area contributed by atoms with Gasteiger partial charge in [-0.05, 0) is 35.8 Å². The fourth-order valence-electron chi connectivity index (χ4n) is 1.95. The van der Waals surface area contributed by atoms with Crippen LogP contribution in [0.2, 0.25) is 0 Å². The van der Waals surface area contributed by atoms with E-state index in [1.807, 2.05) is 0 Å². The summed E-state index contributed by atoms with van der Waals surface area (Å²) in [6.45, 7) is 0. The van der Waals surface area contributed by atoms with Gasteiger partial charge < -0.3 is 5.32 Å². The molecule has 0 fully saturated rings. The quantitative estimate of drug-likeness (QED) is 0.581. The third kappa shape index (κ3) is 2.47. The highest BCUT2D eigenvalue weighted by Crippen LogP contribution is 2.18. The standard InChI is InChI=1S/C14H9N3O4S/c18-13-11-3-1-2-4-12(11)22-16(13)14(19)15-9-5-7-10(8-6-9)17(20)21/h1-8H,(H,15,19). The highest BCUT2D eigenvalue weighted by atomic mass is 32.1. The number of nitro benzene ring substituents is 1. The highest BCUT2D eigenvalue weighted by molar-refractivity contribution is 7.14. The van der Waals surface area contributed by atoms with Gasteiger partial charge in [-0.2, -0.15) is 3.96 Å². The van der Waals surface area contributed by atoms with E-state index in [4.69, 9.17) is 0 Å². The van der Waals surface area contributed by atoms with Crippen molar-refractivity contribution in [1.82, 2.24) is 3.96 Å². The fourth-order valence-corrected chi connectivity index (χ4v) is 2.85. The Balaban J connectivity index is 1.88. The van der Waals surface area contributed by atoms with Gasteiger partial charge in [0.15, 0.2) is 0 Å². The Kier molecular flexibility index (Phi) is 3.43. The van der Waals surface area contributed by atoms with Crippen LogP contribution >= 0.6 is 11.5 Å². The van der Waals surface area contributed by atoms with Crippen LogP contribution in [0.25, 0.3) is 10.1 Å². The summed E-state index contributed by atoms with van der Waals surface area (Å²) in [5, 5.41) is 13.6. The minimum absolute atomic E-state index is 0.0722. The van der Waals surface area contributed by atoms with E-state index in [1.54, 1.807) is 24.3 Å². The average molecular weight is 315 g/mol. The monoisotopic (exact) mass is 315 g/mol.